The minimum absolute atomic E-state index is 0. The van der Waals surface area contributed by atoms with Crippen LogP contribution >= 0.6 is 0 Å². The molecule has 2 aliphatic carbocycles. The average Bonchev–Trinajstić information content (AvgIpc) is 2.98. The molecule has 135 valence electrons. The monoisotopic (exact) mass is 509 g/mol. The van der Waals surface area contributed by atoms with Gasteiger partial charge in [0.25, 0.3) is 0 Å². The second-order valence-corrected chi connectivity index (χ2v) is 9.64. The van der Waals surface area contributed by atoms with E-state index in [9.17, 15) is 0 Å². The third-order valence-electron chi connectivity index (χ3n) is 3.82. The summed E-state index contributed by atoms with van der Waals surface area (Å²) in [5, 5.41) is 0. The normalized spacial score (nSPS) is 16.4. The molecule has 2 rings (SSSR count). The molecule has 0 bridgehead atoms. The van der Waals surface area contributed by atoms with Crippen LogP contribution in [0.3, 0.4) is 0 Å². The SMILES string of the molecule is CC1=[C-]CC(C(C)(C)C)=C1.CC1=[C-]CC(C(C)(C)C)=C1.C[SiH]C.[Hf]. The van der Waals surface area contributed by atoms with Crippen LogP contribution in [-0.2, 0) is 25.8 Å². The van der Waals surface area contributed by atoms with Crippen molar-refractivity contribution in [1.82, 2.24) is 0 Å². The van der Waals surface area contributed by atoms with Crippen LogP contribution in [0.1, 0.15) is 68.2 Å². The Labute approximate surface area is 173 Å². The van der Waals surface area contributed by atoms with Crippen molar-refractivity contribution in [2.45, 2.75) is 81.3 Å². The Bertz CT molecular complexity index is 445. The van der Waals surface area contributed by atoms with Crippen molar-refractivity contribution in [2.75, 3.05) is 0 Å². The van der Waals surface area contributed by atoms with E-state index in [0.29, 0.717) is 10.8 Å². The summed E-state index contributed by atoms with van der Waals surface area (Å²) in [5.41, 5.74) is 6.28. The Hall–Kier alpha value is 0.0470. The summed E-state index contributed by atoms with van der Waals surface area (Å²) in [6, 6.07) is 0. The summed E-state index contributed by atoms with van der Waals surface area (Å²) in [6.45, 7) is 22.1. The van der Waals surface area contributed by atoms with Crippen LogP contribution in [0.2, 0.25) is 13.1 Å². The van der Waals surface area contributed by atoms with E-state index in [0.717, 1.165) is 22.4 Å². The van der Waals surface area contributed by atoms with Crippen LogP contribution in [0.25, 0.3) is 0 Å². The van der Waals surface area contributed by atoms with Crippen molar-refractivity contribution in [3.63, 3.8) is 0 Å². The van der Waals surface area contributed by atoms with E-state index < -0.39 is 0 Å². The summed E-state index contributed by atoms with van der Waals surface area (Å²) in [4.78, 5) is 0. The van der Waals surface area contributed by atoms with E-state index in [1.807, 2.05) is 0 Å². The molecule has 0 saturated heterocycles. The van der Waals surface area contributed by atoms with Gasteiger partial charge >= 0.3 is 0 Å². The molecule has 0 spiro atoms. The minimum Gasteiger partial charge on any atom is -0.269 e. The first-order valence-electron chi connectivity index (χ1n) is 8.72. The minimum atomic E-state index is 0. The molecule has 0 aliphatic heterocycles. The number of rotatable bonds is 0. The molecule has 0 aromatic heterocycles. The van der Waals surface area contributed by atoms with E-state index in [4.69, 9.17) is 0 Å². The first kappa shape index (κ1) is 26.3. The van der Waals surface area contributed by atoms with Gasteiger partial charge in [0.2, 0.25) is 0 Å². The maximum Gasteiger partial charge on any atom is 0.0213 e. The number of allylic oxidation sites excluding steroid dienone is 8. The Balaban J connectivity index is 0. The van der Waals surface area contributed by atoms with Gasteiger partial charge in [0, 0.05) is 35.4 Å². The predicted molar refractivity (Wildman–Crippen MR) is 108 cm³/mol. The van der Waals surface area contributed by atoms with Gasteiger partial charge in [-0.2, -0.15) is 11.1 Å². The molecule has 0 nitrogen and oxygen atoms in total. The van der Waals surface area contributed by atoms with Crippen LogP contribution < -0.4 is 0 Å². The smallest absolute Gasteiger partial charge is 0.0213 e. The van der Waals surface area contributed by atoms with Crippen molar-refractivity contribution in [1.29, 1.82) is 0 Å². The Kier molecular flexibility index (Phi) is 12.7. The molecule has 0 unspecified atom stereocenters. The van der Waals surface area contributed by atoms with E-state index in [-0.39, 0.29) is 25.8 Å². The Morgan fingerprint density at radius 2 is 1.00 bits per heavy atom. The standard InChI is InChI=1S/2C10H15.C2H7Si.Hf/c2*1-8-5-6-9(7-8)10(2,3)4;1-3-2;/h2*7H,6H2,1-4H3;3H,1-2H3;/q2*-1;;. The Morgan fingerprint density at radius 1 is 0.750 bits per heavy atom. The molecule has 0 heterocycles. The third kappa shape index (κ3) is 10.8. The van der Waals surface area contributed by atoms with Crippen LogP contribution in [0.4, 0.5) is 0 Å². The van der Waals surface area contributed by atoms with Crippen LogP contribution in [-0.4, -0.2) is 9.52 Å². The van der Waals surface area contributed by atoms with E-state index in [1.165, 1.54) is 22.3 Å². The van der Waals surface area contributed by atoms with Crippen molar-refractivity contribution < 1.29 is 25.8 Å². The molecule has 1 radical (unpaired) electrons. The van der Waals surface area contributed by atoms with Gasteiger partial charge in [-0.15, -0.1) is 12.8 Å². The molecular formula is C22H37HfSi-2. The molecule has 0 aromatic rings. The van der Waals surface area contributed by atoms with Crippen molar-refractivity contribution in [2.24, 2.45) is 10.8 Å². The summed E-state index contributed by atoms with van der Waals surface area (Å²) in [6.07, 6.45) is 13.2. The van der Waals surface area contributed by atoms with Gasteiger partial charge in [-0.25, -0.2) is 23.3 Å². The van der Waals surface area contributed by atoms with E-state index in [1.54, 1.807) is 0 Å². The van der Waals surface area contributed by atoms with Gasteiger partial charge in [-0.05, 0) is 10.8 Å². The summed E-state index contributed by atoms with van der Waals surface area (Å²) >= 11 is 0. The number of hydrogen-bond acceptors (Lipinski definition) is 0. The maximum atomic E-state index is 3.30. The van der Waals surface area contributed by atoms with Crippen LogP contribution in [0, 0.1) is 23.0 Å². The molecule has 0 N–H and O–H groups in total. The predicted octanol–water partition coefficient (Wildman–Crippen LogP) is 6.74. The van der Waals surface area contributed by atoms with Crippen molar-refractivity contribution >= 4 is 9.52 Å². The zero-order valence-corrected chi connectivity index (χ0v) is 22.4. The topological polar surface area (TPSA) is 0 Å². The molecule has 2 aliphatic rings. The second kappa shape index (κ2) is 11.6. The Morgan fingerprint density at radius 3 is 1.08 bits per heavy atom. The van der Waals surface area contributed by atoms with Crippen LogP contribution in [0.5, 0.6) is 0 Å². The first-order chi connectivity index (χ1) is 10.4. The maximum absolute atomic E-state index is 3.30. The van der Waals surface area contributed by atoms with E-state index >= 15 is 0 Å². The zero-order chi connectivity index (χ0) is 18.3. The molecule has 24 heavy (non-hydrogen) atoms. The molecule has 0 fully saturated rings. The molecule has 2 heteroatoms. The second-order valence-electron chi connectivity index (χ2n) is 8.49. The average molecular weight is 508 g/mol. The number of hydrogen-bond donors (Lipinski definition) is 0. The molecular weight excluding hydrogens is 471 g/mol. The fourth-order valence-electron chi connectivity index (χ4n) is 2.16. The third-order valence-corrected chi connectivity index (χ3v) is 3.82. The zero-order valence-electron chi connectivity index (χ0n) is 17.6. The van der Waals surface area contributed by atoms with Crippen LogP contribution in [0.15, 0.2) is 34.4 Å². The van der Waals surface area contributed by atoms with Gasteiger partial charge < -0.3 is 0 Å². The van der Waals surface area contributed by atoms with E-state index in [2.05, 4.69) is 92.8 Å². The summed E-state index contributed by atoms with van der Waals surface area (Å²) < 4.78 is 0. The fourth-order valence-corrected chi connectivity index (χ4v) is 2.16. The first-order valence-corrected chi connectivity index (χ1v) is 11.0. The molecule has 0 saturated carbocycles. The fraction of sp³-hybridized carbons (Fsp3) is 0.636. The molecule has 0 amide bonds. The summed E-state index contributed by atoms with van der Waals surface area (Å²) in [7, 11) is 0.750. The largest absolute Gasteiger partial charge is 0.269 e. The van der Waals surface area contributed by atoms with Gasteiger partial charge in [-0.3, -0.25) is 12.2 Å². The van der Waals surface area contributed by atoms with Gasteiger partial charge in [-0.1, -0.05) is 68.5 Å². The van der Waals surface area contributed by atoms with Gasteiger partial charge in [0.05, 0.1) is 0 Å². The van der Waals surface area contributed by atoms with Crippen molar-refractivity contribution in [3.05, 3.63) is 46.6 Å². The quantitative estimate of drug-likeness (QED) is 0.251. The summed E-state index contributed by atoms with van der Waals surface area (Å²) in [5.74, 6) is 0. The van der Waals surface area contributed by atoms with Gasteiger partial charge in [0.1, 0.15) is 0 Å². The molecule has 0 aromatic carbocycles. The van der Waals surface area contributed by atoms with Gasteiger partial charge in [0.15, 0.2) is 0 Å². The molecule has 0 atom stereocenters. The van der Waals surface area contributed by atoms with Crippen molar-refractivity contribution in [3.8, 4) is 0 Å².